The van der Waals surface area contributed by atoms with Gasteiger partial charge in [-0.2, -0.15) is 0 Å². The van der Waals surface area contributed by atoms with E-state index >= 15 is 0 Å². The summed E-state index contributed by atoms with van der Waals surface area (Å²) in [6.07, 6.45) is 0.000919. The van der Waals surface area contributed by atoms with E-state index in [4.69, 9.17) is 23.2 Å². The van der Waals surface area contributed by atoms with Crippen molar-refractivity contribution >= 4 is 34.8 Å². The second-order valence-electron chi connectivity index (χ2n) is 4.14. The van der Waals surface area contributed by atoms with Crippen LogP contribution in [0.2, 0.25) is 10.0 Å². The van der Waals surface area contributed by atoms with E-state index in [1.165, 1.54) is 0 Å². The molecular weight excluding hydrogens is 261 g/mol. The maximum absolute atomic E-state index is 12.0. The van der Waals surface area contributed by atoms with Crippen LogP contribution in [0, 0.1) is 0 Å². The summed E-state index contributed by atoms with van der Waals surface area (Å²) in [6, 6.07) is 3.60. The second kappa shape index (κ2) is 4.05. The zero-order valence-electron chi connectivity index (χ0n) is 8.96. The molecule has 3 rings (SSSR count). The molecule has 0 bridgehead atoms. The summed E-state index contributed by atoms with van der Waals surface area (Å²) in [7, 11) is 0. The maximum Gasteiger partial charge on any atom is 0.256 e. The van der Waals surface area contributed by atoms with E-state index in [1.54, 1.807) is 6.07 Å². The van der Waals surface area contributed by atoms with Gasteiger partial charge in [-0.15, -0.1) is 0 Å². The lowest BCUT2D eigenvalue weighted by Gasteiger charge is -2.42. The largest absolute Gasteiger partial charge is 0.348 e. The van der Waals surface area contributed by atoms with Crippen molar-refractivity contribution in [2.75, 3.05) is 24.5 Å². The van der Waals surface area contributed by atoms with Crippen molar-refractivity contribution in [1.82, 2.24) is 10.6 Å². The summed E-state index contributed by atoms with van der Waals surface area (Å²) in [5.41, 5.74) is 1.35. The fourth-order valence-electron chi connectivity index (χ4n) is 2.34. The Balaban J connectivity index is 2.14. The first-order valence-corrected chi connectivity index (χ1v) is 6.20. The van der Waals surface area contributed by atoms with Crippen LogP contribution in [0.25, 0.3) is 0 Å². The Kier molecular flexibility index (Phi) is 2.65. The van der Waals surface area contributed by atoms with E-state index in [2.05, 4.69) is 15.5 Å². The number of nitrogens with one attached hydrogen (secondary N) is 2. The fraction of sp³-hybridized carbons (Fsp3) is 0.364. The Morgan fingerprint density at radius 3 is 3.00 bits per heavy atom. The Morgan fingerprint density at radius 1 is 1.35 bits per heavy atom. The SMILES string of the molecule is O=C1NC2CNCCN2c2ccc(Cl)c(Cl)c21. The van der Waals surface area contributed by atoms with E-state index in [1.807, 2.05) is 6.07 Å². The quantitative estimate of drug-likeness (QED) is 0.751. The standard InChI is InChI=1S/C11H11Cl2N3O/c12-6-1-2-7-9(10(6)13)11(17)15-8-5-14-3-4-16(7)8/h1-2,8,14H,3-5H2,(H,15,17). The van der Waals surface area contributed by atoms with Gasteiger partial charge in [0.05, 0.1) is 21.3 Å². The number of rotatable bonds is 0. The number of anilines is 1. The molecule has 2 heterocycles. The van der Waals surface area contributed by atoms with Gasteiger partial charge in [0, 0.05) is 19.6 Å². The van der Waals surface area contributed by atoms with Gasteiger partial charge in [-0.1, -0.05) is 23.2 Å². The minimum absolute atomic E-state index is 0.000919. The van der Waals surface area contributed by atoms with Crippen LogP contribution in [0.3, 0.4) is 0 Å². The molecule has 4 nitrogen and oxygen atoms in total. The van der Waals surface area contributed by atoms with Gasteiger partial charge >= 0.3 is 0 Å². The molecule has 1 fully saturated rings. The van der Waals surface area contributed by atoms with Crippen LogP contribution in [0.15, 0.2) is 12.1 Å². The van der Waals surface area contributed by atoms with Gasteiger partial charge in [-0.3, -0.25) is 4.79 Å². The van der Waals surface area contributed by atoms with Crippen molar-refractivity contribution < 1.29 is 4.79 Å². The molecule has 1 unspecified atom stereocenters. The maximum atomic E-state index is 12.0. The third kappa shape index (κ3) is 1.68. The predicted octanol–water partition coefficient (Wildman–Crippen LogP) is 1.47. The van der Waals surface area contributed by atoms with Crippen molar-refractivity contribution in [3.63, 3.8) is 0 Å². The number of carbonyl (C=O) groups is 1. The van der Waals surface area contributed by atoms with Crippen LogP contribution in [0.5, 0.6) is 0 Å². The lowest BCUT2D eigenvalue weighted by molar-refractivity contribution is 0.0923. The highest BCUT2D eigenvalue weighted by atomic mass is 35.5. The Labute approximate surface area is 109 Å². The summed E-state index contributed by atoms with van der Waals surface area (Å²) < 4.78 is 0. The molecule has 90 valence electrons. The monoisotopic (exact) mass is 271 g/mol. The van der Waals surface area contributed by atoms with Crippen molar-refractivity contribution in [3.8, 4) is 0 Å². The number of amides is 1. The average molecular weight is 272 g/mol. The number of piperazine rings is 1. The molecule has 2 N–H and O–H groups in total. The summed E-state index contributed by atoms with van der Waals surface area (Å²) in [5.74, 6) is -0.155. The minimum atomic E-state index is -0.155. The highest BCUT2D eigenvalue weighted by Gasteiger charge is 2.34. The molecule has 0 saturated carbocycles. The number of nitrogens with zero attached hydrogens (tertiary/aromatic N) is 1. The van der Waals surface area contributed by atoms with Crippen LogP contribution in [-0.2, 0) is 0 Å². The van der Waals surface area contributed by atoms with Gasteiger partial charge < -0.3 is 15.5 Å². The highest BCUT2D eigenvalue weighted by Crippen LogP contribution is 2.36. The lowest BCUT2D eigenvalue weighted by Crippen LogP contribution is -2.62. The molecule has 1 saturated heterocycles. The van der Waals surface area contributed by atoms with Gasteiger partial charge in [0.25, 0.3) is 5.91 Å². The molecule has 1 aromatic carbocycles. The molecule has 1 atom stereocenters. The Morgan fingerprint density at radius 2 is 2.18 bits per heavy atom. The molecule has 0 spiro atoms. The molecule has 0 radical (unpaired) electrons. The van der Waals surface area contributed by atoms with Gasteiger partial charge in [-0.05, 0) is 12.1 Å². The highest BCUT2D eigenvalue weighted by molar-refractivity contribution is 6.44. The zero-order chi connectivity index (χ0) is 12.0. The molecule has 1 amide bonds. The summed E-state index contributed by atoms with van der Waals surface area (Å²) in [6.45, 7) is 2.48. The Bertz CT molecular complexity index is 492. The number of fused-ring (bicyclic) bond motifs is 3. The molecule has 17 heavy (non-hydrogen) atoms. The number of hydrogen-bond donors (Lipinski definition) is 2. The summed E-state index contributed by atoms with van der Waals surface area (Å²) in [5, 5.41) is 6.91. The molecule has 0 aliphatic carbocycles. The number of carbonyl (C=O) groups excluding carboxylic acids is 1. The van der Waals surface area contributed by atoms with E-state index in [-0.39, 0.29) is 12.1 Å². The zero-order valence-corrected chi connectivity index (χ0v) is 10.5. The Hall–Kier alpha value is -0.970. The van der Waals surface area contributed by atoms with Crippen molar-refractivity contribution in [3.05, 3.63) is 27.7 Å². The van der Waals surface area contributed by atoms with E-state index in [9.17, 15) is 4.79 Å². The summed E-state index contributed by atoms with van der Waals surface area (Å²) >= 11 is 12.0. The van der Waals surface area contributed by atoms with E-state index in [0.717, 1.165) is 25.3 Å². The first-order chi connectivity index (χ1) is 8.18. The molecule has 0 aromatic heterocycles. The second-order valence-corrected chi connectivity index (χ2v) is 4.93. The number of benzene rings is 1. The van der Waals surface area contributed by atoms with Crippen LogP contribution in [0.4, 0.5) is 5.69 Å². The van der Waals surface area contributed by atoms with Crippen LogP contribution in [0.1, 0.15) is 10.4 Å². The van der Waals surface area contributed by atoms with E-state index < -0.39 is 0 Å². The van der Waals surface area contributed by atoms with Gasteiger partial charge in [-0.25, -0.2) is 0 Å². The van der Waals surface area contributed by atoms with E-state index in [0.29, 0.717) is 15.6 Å². The fourth-order valence-corrected chi connectivity index (χ4v) is 2.74. The summed E-state index contributed by atoms with van der Waals surface area (Å²) in [4.78, 5) is 14.2. The van der Waals surface area contributed by atoms with Crippen molar-refractivity contribution in [2.45, 2.75) is 6.17 Å². The van der Waals surface area contributed by atoms with Gasteiger partial charge in [0.1, 0.15) is 6.17 Å². The van der Waals surface area contributed by atoms with Gasteiger partial charge in [0.2, 0.25) is 0 Å². The molecule has 2 aliphatic rings. The normalized spacial score (nSPS) is 22.8. The van der Waals surface area contributed by atoms with Crippen LogP contribution >= 0.6 is 23.2 Å². The molecule has 6 heteroatoms. The molecular formula is C11H11Cl2N3O. The number of hydrogen-bond acceptors (Lipinski definition) is 3. The van der Waals surface area contributed by atoms with Crippen LogP contribution < -0.4 is 15.5 Å². The minimum Gasteiger partial charge on any atom is -0.348 e. The van der Waals surface area contributed by atoms with Gasteiger partial charge in [0.15, 0.2) is 0 Å². The van der Waals surface area contributed by atoms with Crippen molar-refractivity contribution in [1.29, 1.82) is 0 Å². The first-order valence-electron chi connectivity index (χ1n) is 5.44. The average Bonchev–Trinajstić information content (AvgIpc) is 2.33. The molecule has 2 aliphatic heterocycles. The molecule has 1 aromatic rings. The lowest BCUT2D eigenvalue weighted by atomic mass is 10.1. The topological polar surface area (TPSA) is 44.4 Å². The third-order valence-corrected chi connectivity index (χ3v) is 3.95. The number of halogens is 2. The smallest absolute Gasteiger partial charge is 0.256 e. The van der Waals surface area contributed by atoms with Crippen LogP contribution in [-0.4, -0.2) is 31.7 Å². The first kappa shape index (κ1) is 11.1. The predicted molar refractivity (Wildman–Crippen MR) is 67.9 cm³/mol. The van der Waals surface area contributed by atoms with Crippen molar-refractivity contribution in [2.24, 2.45) is 0 Å². The third-order valence-electron chi connectivity index (χ3n) is 3.15.